The van der Waals surface area contributed by atoms with E-state index in [1.807, 2.05) is 0 Å². The first kappa shape index (κ1) is 25.3. The van der Waals surface area contributed by atoms with E-state index in [0.717, 1.165) is 9.91 Å². The molecule has 0 radical (unpaired) electrons. The molecule has 11 nitrogen and oxygen atoms in total. The van der Waals surface area contributed by atoms with E-state index in [2.05, 4.69) is 5.43 Å². The minimum Gasteiger partial charge on any atom is -0.497 e. The van der Waals surface area contributed by atoms with E-state index in [9.17, 15) is 19.2 Å². The quantitative estimate of drug-likeness (QED) is 0.444. The lowest BCUT2D eigenvalue weighted by atomic mass is 10.1. The maximum absolute atomic E-state index is 13.2. The lowest BCUT2D eigenvalue weighted by molar-refractivity contribution is -0.140. The predicted molar refractivity (Wildman–Crippen MR) is 125 cm³/mol. The Bertz CT molecular complexity index is 1120. The topological polar surface area (TPSA) is 124 Å². The molecule has 4 amide bonds. The third-order valence-electron chi connectivity index (χ3n) is 5.47. The minimum atomic E-state index is -1.22. The number of hydrazine groups is 1. The second kappa shape index (κ2) is 10.8. The number of carbonyl (C=O) groups is 4. The van der Waals surface area contributed by atoms with Gasteiger partial charge in [-0.3, -0.25) is 24.6 Å². The zero-order valence-corrected chi connectivity index (χ0v) is 20.1. The first-order valence-electron chi connectivity index (χ1n) is 10.7. The summed E-state index contributed by atoms with van der Waals surface area (Å²) in [5.41, 5.74) is 2.88. The Balaban J connectivity index is 1.92. The van der Waals surface area contributed by atoms with Crippen molar-refractivity contribution in [1.82, 2.24) is 10.4 Å². The molecule has 1 fully saturated rings. The van der Waals surface area contributed by atoms with E-state index in [1.165, 1.54) is 40.6 Å². The van der Waals surface area contributed by atoms with Crippen LogP contribution in [-0.2, 0) is 14.4 Å². The first-order chi connectivity index (χ1) is 16.8. The maximum atomic E-state index is 13.2. The summed E-state index contributed by atoms with van der Waals surface area (Å²) < 4.78 is 21.0. The summed E-state index contributed by atoms with van der Waals surface area (Å²) in [4.78, 5) is 52.9. The third kappa shape index (κ3) is 4.98. The van der Waals surface area contributed by atoms with Crippen molar-refractivity contribution in [3.05, 3.63) is 42.0 Å². The highest BCUT2D eigenvalue weighted by atomic mass is 16.5. The molecule has 0 aromatic heterocycles. The first-order valence-corrected chi connectivity index (χ1v) is 10.7. The Labute approximate surface area is 202 Å². The number of rotatable bonds is 8. The van der Waals surface area contributed by atoms with Crippen molar-refractivity contribution >= 4 is 29.3 Å². The number of hydrogen-bond donors (Lipinski definition) is 1. The van der Waals surface area contributed by atoms with Gasteiger partial charge in [0, 0.05) is 18.1 Å². The van der Waals surface area contributed by atoms with Crippen LogP contribution in [0.15, 0.2) is 36.4 Å². The van der Waals surface area contributed by atoms with Gasteiger partial charge in [-0.25, -0.2) is 9.91 Å². The number of amides is 4. The maximum Gasteiger partial charge on any atom is 0.270 e. The van der Waals surface area contributed by atoms with Crippen molar-refractivity contribution in [2.75, 3.05) is 33.3 Å². The molecule has 11 heteroatoms. The fourth-order valence-electron chi connectivity index (χ4n) is 3.71. The Kier molecular flexibility index (Phi) is 7.80. The molecule has 2 aromatic carbocycles. The number of nitrogens with zero attached hydrogens (tertiary/aromatic N) is 2. The van der Waals surface area contributed by atoms with Gasteiger partial charge in [0.2, 0.25) is 17.6 Å². The standard InChI is InChI=1S/C24H27N3O8/c1-6-20(28)27(25-23(30)14-10-18(33-3)22(35-5)19(11-14)34-4)17-13-21(29)26(24(17)31)15-8-7-9-16(12-15)32-2/h7-12,17H,6,13H2,1-5H3,(H,25,30)/t17-/m1/s1. The van der Waals surface area contributed by atoms with Gasteiger partial charge in [0.05, 0.1) is 40.5 Å². The van der Waals surface area contributed by atoms with Crippen LogP contribution in [0.4, 0.5) is 5.69 Å². The van der Waals surface area contributed by atoms with E-state index in [-0.39, 0.29) is 29.9 Å². The van der Waals surface area contributed by atoms with Crippen LogP contribution >= 0.6 is 0 Å². The van der Waals surface area contributed by atoms with Crippen molar-refractivity contribution in [3.63, 3.8) is 0 Å². The highest BCUT2D eigenvalue weighted by Gasteiger charge is 2.45. The van der Waals surface area contributed by atoms with Crippen molar-refractivity contribution < 1.29 is 38.1 Å². The molecule has 0 saturated carbocycles. The highest BCUT2D eigenvalue weighted by molar-refractivity contribution is 6.23. The average molecular weight is 485 g/mol. The molecule has 35 heavy (non-hydrogen) atoms. The predicted octanol–water partition coefficient (Wildman–Crippen LogP) is 1.94. The SMILES string of the molecule is CCC(=O)N(NC(=O)c1cc(OC)c(OC)c(OC)c1)[C@@H]1CC(=O)N(c2cccc(OC)c2)C1=O. The molecule has 0 spiro atoms. The number of anilines is 1. The number of hydrogen-bond acceptors (Lipinski definition) is 8. The zero-order valence-electron chi connectivity index (χ0n) is 20.1. The Hall–Kier alpha value is -4.28. The molecule has 1 aliphatic rings. The fourth-order valence-corrected chi connectivity index (χ4v) is 3.71. The molecule has 186 valence electrons. The fraction of sp³-hybridized carbons (Fsp3) is 0.333. The summed E-state index contributed by atoms with van der Waals surface area (Å²) in [6.45, 7) is 1.59. The summed E-state index contributed by atoms with van der Waals surface area (Å²) in [5, 5.41) is 0.909. The molecule has 1 saturated heterocycles. The Morgan fingerprint density at radius 1 is 1.00 bits per heavy atom. The normalized spacial score (nSPS) is 15.0. The van der Waals surface area contributed by atoms with E-state index >= 15 is 0 Å². The van der Waals surface area contributed by atoms with Gasteiger partial charge in [0.1, 0.15) is 11.8 Å². The summed E-state index contributed by atoms with van der Waals surface area (Å²) >= 11 is 0. The van der Waals surface area contributed by atoms with Gasteiger partial charge in [-0.2, -0.15) is 0 Å². The zero-order chi connectivity index (χ0) is 25.7. The van der Waals surface area contributed by atoms with Crippen LogP contribution in [0.2, 0.25) is 0 Å². The molecule has 1 aliphatic heterocycles. The van der Waals surface area contributed by atoms with Gasteiger partial charge >= 0.3 is 0 Å². The molecule has 0 aliphatic carbocycles. The van der Waals surface area contributed by atoms with Gasteiger partial charge in [-0.15, -0.1) is 0 Å². The van der Waals surface area contributed by atoms with Gasteiger partial charge < -0.3 is 18.9 Å². The van der Waals surface area contributed by atoms with E-state index in [0.29, 0.717) is 17.2 Å². The lowest BCUT2D eigenvalue weighted by Gasteiger charge is -2.27. The van der Waals surface area contributed by atoms with Crippen molar-refractivity contribution in [1.29, 1.82) is 0 Å². The monoisotopic (exact) mass is 485 g/mol. The largest absolute Gasteiger partial charge is 0.497 e. The van der Waals surface area contributed by atoms with Gasteiger partial charge in [-0.05, 0) is 24.3 Å². The lowest BCUT2D eigenvalue weighted by Crippen LogP contribution is -2.54. The van der Waals surface area contributed by atoms with Gasteiger partial charge in [-0.1, -0.05) is 13.0 Å². The molecule has 0 bridgehead atoms. The summed E-state index contributed by atoms with van der Waals surface area (Å²) in [7, 11) is 5.71. The molecule has 1 heterocycles. The minimum absolute atomic E-state index is 0.00728. The summed E-state index contributed by atoms with van der Waals surface area (Å²) in [5.74, 6) is -1.17. The van der Waals surface area contributed by atoms with Gasteiger partial charge in [0.15, 0.2) is 11.5 Å². The van der Waals surface area contributed by atoms with E-state index in [1.54, 1.807) is 31.2 Å². The van der Waals surface area contributed by atoms with Crippen LogP contribution in [0, 0.1) is 0 Å². The summed E-state index contributed by atoms with van der Waals surface area (Å²) in [6, 6.07) is 8.05. The smallest absolute Gasteiger partial charge is 0.270 e. The number of imide groups is 1. The average Bonchev–Trinajstić information content (AvgIpc) is 3.18. The number of methoxy groups -OCH3 is 4. The number of benzene rings is 2. The van der Waals surface area contributed by atoms with Crippen LogP contribution < -0.4 is 29.3 Å². The van der Waals surface area contributed by atoms with Crippen LogP contribution in [0.3, 0.4) is 0 Å². The van der Waals surface area contributed by atoms with Crippen molar-refractivity contribution in [2.45, 2.75) is 25.8 Å². The molecule has 1 atom stereocenters. The molecular weight excluding hydrogens is 458 g/mol. The molecule has 2 aromatic rings. The highest BCUT2D eigenvalue weighted by Crippen LogP contribution is 2.38. The Morgan fingerprint density at radius 2 is 1.66 bits per heavy atom. The second-order valence-electron chi connectivity index (χ2n) is 7.46. The number of carbonyl (C=O) groups excluding carboxylic acids is 4. The van der Waals surface area contributed by atoms with Crippen LogP contribution in [0.1, 0.15) is 30.1 Å². The van der Waals surface area contributed by atoms with E-state index in [4.69, 9.17) is 18.9 Å². The second-order valence-corrected chi connectivity index (χ2v) is 7.46. The van der Waals surface area contributed by atoms with Gasteiger partial charge in [0.25, 0.3) is 11.8 Å². The van der Waals surface area contributed by atoms with Crippen LogP contribution in [0.25, 0.3) is 0 Å². The molecular formula is C24H27N3O8. The van der Waals surface area contributed by atoms with Crippen molar-refractivity contribution in [3.8, 4) is 23.0 Å². The summed E-state index contributed by atoms with van der Waals surface area (Å²) in [6.07, 6.45) is -0.302. The number of ether oxygens (including phenoxy) is 4. The molecule has 1 N–H and O–H groups in total. The molecule has 0 unspecified atom stereocenters. The molecule has 3 rings (SSSR count). The van der Waals surface area contributed by atoms with E-state index < -0.39 is 29.7 Å². The number of nitrogens with one attached hydrogen (secondary N) is 1. The Morgan fingerprint density at radius 3 is 2.20 bits per heavy atom. The third-order valence-corrected chi connectivity index (χ3v) is 5.47. The van der Waals surface area contributed by atoms with Crippen LogP contribution in [-0.4, -0.2) is 63.1 Å². The van der Waals surface area contributed by atoms with Crippen LogP contribution in [0.5, 0.6) is 23.0 Å². The van der Waals surface area contributed by atoms with Crippen molar-refractivity contribution in [2.24, 2.45) is 0 Å².